The smallest absolute Gasteiger partial charge is 0.322 e. The van der Waals surface area contributed by atoms with Crippen LogP contribution in [0.3, 0.4) is 0 Å². The summed E-state index contributed by atoms with van der Waals surface area (Å²) in [6.45, 7) is 4.40. The van der Waals surface area contributed by atoms with Gasteiger partial charge in [0.1, 0.15) is 5.75 Å². The minimum absolute atomic E-state index is 0.0430. The zero-order valence-electron chi connectivity index (χ0n) is 15.0. The minimum Gasteiger partial charge on any atom is -0.497 e. The number of aliphatic hydroxyl groups is 1. The summed E-state index contributed by atoms with van der Waals surface area (Å²) in [6, 6.07) is 15.1. The van der Waals surface area contributed by atoms with Gasteiger partial charge in [-0.3, -0.25) is 0 Å². The van der Waals surface area contributed by atoms with Gasteiger partial charge in [-0.15, -0.1) is 0 Å². The van der Waals surface area contributed by atoms with Gasteiger partial charge in [-0.25, -0.2) is 4.79 Å². The fourth-order valence-corrected chi connectivity index (χ4v) is 2.64. The Labute approximate surface area is 149 Å². The van der Waals surface area contributed by atoms with Crippen LogP contribution in [0.15, 0.2) is 48.5 Å². The summed E-state index contributed by atoms with van der Waals surface area (Å²) >= 11 is 0. The van der Waals surface area contributed by atoms with Gasteiger partial charge >= 0.3 is 6.03 Å². The van der Waals surface area contributed by atoms with E-state index in [1.165, 1.54) is 0 Å². The SMILES string of the molecule is COc1ccc(NC(=O)N(Cc2ccccc2)C(C)CCO)c(C)c1. The van der Waals surface area contributed by atoms with Crippen molar-refractivity contribution in [1.82, 2.24) is 4.90 Å². The van der Waals surface area contributed by atoms with Crippen LogP contribution in [-0.4, -0.2) is 35.8 Å². The maximum absolute atomic E-state index is 12.8. The largest absolute Gasteiger partial charge is 0.497 e. The first-order valence-corrected chi connectivity index (χ1v) is 8.42. The van der Waals surface area contributed by atoms with Crippen molar-refractivity contribution in [1.29, 1.82) is 0 Å². The lowest BCUT2D eigenvalue weighted by Gasteiger charge is -2.29. The van der Waals surface area contributed by atoms with E-state index in [0.29, 0.717) is 13.0 Å². The number of methoxy groups -OCH3 is 1. The van der Waals surface area contributed by atoms with Gasteiger partial charge in [0.05, 0.1) is 7.11 Å². The molecule has 0 radical (unpaired) electrons. The van der Waals surface area contributed by atoms with Gasteiger partial charge < -0.3 is 20.1 Å². The molecule has 0 bridgehead atoms. The van der Waals surface area contributed by atoms with E-state index in [0.717, 1.165) is 22.6 Å². The normalized spacial score (nSPS) is 11.7. The van der Waals surface area contributed by atoms with Gasteiger partial charge in [0.25, 0.3) is 0 Å². The highest BCUT2D eigenvalue weighted by Crippen LogP contribution is 2.22. The number of carbonyl (C=O) groups excluding carboxylic acids is 1. The zero-order valence-corrected chi connectivity index (χ0v) is 15.0. The number of anilines is 1. The highest BCUT2D eigenvalue weighted by atomic mass is 16.5. The predicted molar refractivity (Wildman–Crippen MR) is 99.9 cm³/mol. The molecule has 0 saturated carbocycles. The number of urea groups is 1. The molecule has 0 aliphatic heterocycles. The van der Waals surface area contributed by atoms with E-state index >= 15 is 0 Å². The second-order valence-corrected chi connectivity index (χ2v) is 6.09. The van der Waals surface area contributed by atoms with Crippen LogP contribution in [0.4, 0.5) is 10.5 Å². The van der Waals surface area contributed by atoms with Crippen LogP contribution >= 0.6 is 0 Å². The Morgan fingerprint density at radius 2 is 1.96 bits per heavy atom. The van der Waals surface area contributed by atoms with Crippen molar-refractivity contribution in [2.24, 2.45) is 0 Å². The zero-order chi connectivity index (χ0) is 18.2. The standard InChI is InChI=1S/C20H26N2O3/c1-15-13-18(25-3)9-10-19(15)21-20(24)22(16(2)11-12-23)14-17-7-5-4-6-8-17/h4-10,13,16,23H,11-12,14H2,1-3H3,(H,21,24). The summed E-state index contributed by atoms with van der Waals surface area (Å²) in [5.74, 6) is 0.755. The van der Waals surface area contributed by atoms with Crippen LogP contribution in [-0.2, 0) is 6.54 Å². The first kappa shape index (κ1) is 18.8. The van der Waals surface area contributed by atoms with Crippen molar-refractivity contribution in [3.05, 3.63) is 59.7 Å². The first-order chi connectivity index (χ1) is 12.0. The molecular formula is C20H26N2O3. The molecule has 134 valence electrons. The Hall–Kier alpha value is -2.53. The molecule has 2 aromatic carbocycles. The average Bonchev–Trinajstić information content (AvgIpc) is 2.62. The second-order valence-electron chi connectivity index (χ2n) is 6.09. The fourth-order valence-electron chi connectivity index (χ4n) is 2.64. The van der Waals surface area contributed by atoms with Crippen molar-refractivity contribution >= 4 is 11.7 Å². The summed E-state index contributed by atoms with van der Waals surface area (Å²) in [6.07, 6.45) is 0.530. The number of nitrogens with one attached hydrogen (secondary N) is 1. The summed E-state index contributed by atoms with van der Waals surface area (Å²) in [5, 5.41) is 12.2. The molecule has 2 N–H and O–H groups in total. The van der Waals surface area contributed by atoms with Gasteiger partial charge in [-0.1, -0.05) is 30.3 Å². The van der Waals surface area contributed by atoms with E-state index in [9.17, 15) is 9.90 Å². The Morgan fingerprint density at radius 3 is 2.56 bits per heavy atom. The maximum atomic E-state index is 12.8. The molecule has 0 aliphatic rings. The number of rotatable bonds is 7. The summed E-state index contributed by atoms with van der Waals surface area (Å²) < 4.78 is 5.20. The number of benzene rings is 2. The van der Waals surface area contributed by atoms with Crippen molar-refractivity contribution in [2.45, 2.75) is 32.9 Å². The number of aryl methyl sites for hydroxylation is 1. The number of ether oxygens (including phenoxy) is 1. The van der Waals surface area contributed by atoms with Gasteiger partial charge in [0.2, 0.25) is 0 Å². The summed E-state index contributed by atoms with van der Waals surface area (Å²) in [5.41, 5.74) is 2.73. The molecule has 0 heterocycles. The molecule has 2 aromatic rings. The highest BCUT2D eigenvalue weighted by molar-refractivity contribution is 5.90. The van der Waals surface area contributed by atoms with Crippen molar-refractivity contribution < 1.29 is 14.6 Å². The molecule has 0 aliphatic carbocycles. The minimum atomic E-state index is -0.182. The van der Waals surface area contributed by atoms with Gasteiger partial charge in [-0.05, 0) is 49.6 Å². The van der Waals surface area contributed by atoms with Crippen LogP contribution < -0.4 is 10.1 Å². The number of carbonyl (C=O) groups is 1. The van der Waals surface area contributed by atoms with Crippen LogP contribution in [0, 0.1) is 6.92 Å². The second kappa shape index (κ2) is 9.08. The lowest BCUT2D eigenvalue weighted by atomic mass is 10.1. The molecule has 5 heteroatoms. The fraction of sp³-hybridized carbons (Fsp3) is 0.350. The Kier molecular flexibility index (Phi) is 6.83. The molecule has 0 spiro atoms. The summed E-state index contributed by atoms with van der Waals surface area (Å²) in [4.78, 5) is 14.6. The van der Waals surface area contributed by atoms with E-state index in [1.807, 2.05) is 62.4 Å². The molecule has 0 saturated heterocycles. The molecule has 0 aromatic heterocycles. The Bertz CT molecular complexity index is 689. The van der Waals surface area contributed by atoms with Gasteiger partial charge in [0.15, 0.2) is 0 Å². The molecule has 5 nitrogen and oxygen atoms in total. The lowest BCUT2D eigenvalue weighted by Crippen LogP contribution is -2.41. The maximum Gasteiger partial charge on any atom is 0.322 e. The number of nitrogens with zero attached hydrogens (tertiary/aromatic N) is 1. The van der Waals surface area contributed by atoms with Crippen LogP contribution in [0.1, 0.15) is 24.5 Å². The van der Waals surface area contributed by atoms with E-state index in [-0.39, 0.29) is 18.7 Å². The van der Waals surface area contributed by atoms with Crippen molar-refractivity contribution in [2.75, 3.05) is 19.0 Å². The highest BCUT2D eigenvalue weighted by Gasteiger charge is 2.20. The molecule has 1 unspecified atom stereocenters. The topological polar surface area (TPSA) is 61.8 Å². The van der Waals surface area contributed by atoms with E-state index in [4.69, 9.17) is 4.74 Å². The third-order valence-electron chi connectivity index (χ3n) is 4.21. The third-order valence-corrected chi connectivity index (χ3v) is 4.21. The summed E-state index contributed by atoms with van der Waals surface area (Å²) in [7, 11) is 1.62. The molecule has 1 atom stereocenters. The van der Waals surface area contributed by atoms with E-state index < -0.39 is 0 Å². The average molecular weight is 342 g/mol. The van der Waals surface area contributed by atoms with E-state index in [1.54, 1.807) is 12.0 Å². The number of amides is 2. The monoisotopic (exact) mass is 342 g/mol. The Balaban J connectivity index is 2.17. The molecule has 25 heavy (non-hydrogen) atoms. The van der Waals surface area contributed by atoms with Gasteiger partial charge in [-0.2, -0.15) is 0 Å². The van der Waals surface area contributed by atoms with Crippen LogP contribution in [0.5, 0.6) is 5.75 Å². The van der Waals surface area contributed by atoms with Crippen molar-refractivity contribution in [3.63, 3.8) is 0 Å². The first-order valence-electron chi connectivity index (χ1n) is 8.42. The third kappa shape index (κ3) is 5.22. The Morgan fingerprint density at radius 1 is 1.24 bits per heavy atom. The number of hydrogen-bond donors (Lipinski definition) is 2. The lowest BCUT2D eigenvalue weighted by molar-refractivity contribution is 0.169. The van der Waals surface area contributed by atoms with E-state index in [2.05, 4.69) is 5.32 Å². The van der Waals surface area contributed by atoms with Crippen LogP contribution in [0.25, 0.3) is 0 Å². The number of hydrogen-bond acceptors (Lipinski definition) is 3. The molecular weight excluding hydrogens is 316 g/mol. The molecule has 2 rings (SSSR count). The molecule has 0 fully saturated rings. The number of aliphatic hydroxyl groups excluding tert-OH is 1. The predicted octanol–water partition coefficient (Wildman–Crippen LogP) is 3.81. The quantitative estimate of drug-likeness (QED) is 0.804. The van der Waals surface area contributed by atoms with Crippen molar-refractivity contribution in [3.8, 4) is 5.75 Å². The van der Waals surface area contributed by atoms with Gasteiger partial charge in [0, 0.05) is 24.9 Å². The van der Waals surface area contributed by atoms with Crippen LogP contribution in [0.2, 0.25) is 0 Å². The molecule has 2 amide bonds.